The van der Waals surface area contributed by atoms with Gasteiger partial charge in [0.25, 0.3) is 0 Å². The highest BCUT2D eigenvalue weighted by Gasteiger charge is 2.11. The third-order valence-corrected chi connectivity index (χ3v) is 4.49. The maximum absolute atomic E-state index is 12.2. The van der Waals surface area contributed by atoms with E-state index in [4.69, 9.17) is 20.9 Å². The molecule has 30 heavy (non-hydrogen) atoms. The standard InChI is InChI=1S/C21H21ClN4O4/c1-13(27)23-15-8-11-18(17(22)12-15)24-19(28)4-3-5-20-25-21(26-30-20)14-6-9-16(29-2)10-7-14/h6-12H,3-5H2,1-2H3,(H,23,27)(H,24,28). The molecule has 0 bridgehead atoms. The van der Waals surface area contributed by atoms with Gasteiger partial charge in [-0.1, -0.05) is 16.8 Å². The normalized spacial score (nSPS) is 10.5. The lowest BCUT2D eigenvalue weighted by Crippen LogP contribution is -2.12. The lowest BCUT2D eigenvalue weighted by molar-refractivity contribution is -0.116. The number of anilines is 2. The van der Waals surface area contributed by atoms with Gasteiger partial charge in [-0.3, -0.25) is 9.59 Å². The van der Waals surface area contributed by atoms with Crippen LogP contribution in [0, 0.1) is 0 Å². The van der Waals surface area contributed by atoms with Crippen LogP contribution in [0.2, 0.25) is 5.02 Å². The first-order valence-electron chi connectivity index (χ1n) is 9.28. The Hall–Kier alpha value is -3.39. The zero-order chi connectivity index (χ0) is 21.5. The molecule has 0 saturated heterocycles. The first-order valence-corrected chi connectivity index (χ1v) is 9.66. The van der Waals surface area contributed by atoms with Crippen LogP contribution < -0.4 is 15.4 Å². The van der Waals surface area contributed by atoms with Crippen LogP contribution in [0.5, 0.6) is 5.75 Å². The number of nitrogens with one attached hydrogen (secondary N) is 2. The molecule has 0 aliphatic carbocycles. The quantitative estimate of drug-likeness (QED) is 0.553. The van der Waals surface area contributed by atoms with Gasteiger partial charge in [0.15, 0.2) is 0 Å². The van der Waals surface area contributed by atoms with Crippen molar-refractivity contribution in [3.8, 4) is 17.1 Å². The van der Waals surface area contributed by atoms with Crippen molar-refractivity contribution in [3.05, 3.63) is 53.4 Å². The summed E-state index contributed by atoms with van der Waals surface area (Å²) in [5.41, 5.74) is 1.87. The summed E-state index contributed by atoms with van der Waals surface area (Å²) < 4.78 is 10.4. The van der Waals surface area contributed by atoms with Crippen molar-refractivity contribution in [2.24, 2.45) is 0 Å². The van der Waals surface area contributed by atoms with Gasteiger partial charge < -0.3 is 19.9 Å². The molecule has 0 aliphatic rings. The zero-order valence-corrected chi connectivity index (χ0v) is 17.3. The minimum absolute atomic E-state index is 0.181. The van der Waals surface area contributed by atoms with E-state index in [0.29, 0.717) is 41.0 Å². The molecule has 0 atom stereocenters. The minimum atomic E-state index is -0.195. The number of halogens is 1. The second kappa shape index (κ2) is 9.89. The smallest absolute Gasteiger partial charge is 0.226 e. The molecule has 3 rings (SSSR count). The molecule has 0 saturated carbocycles. The molecule has 9 heteroatoms. The molecule has 2 aromatic carbocycles. The predicted octanol–water partition coefficient (Wildman–Crippen LogP) is 4.32. The van der Waals surface area contributed by atoms with Crippen LogP contribution in [-0.4, -0.2) is 29.1 Å². The second-order valence-electron chi connectivity index (χ2n) is 6.52. The predicted molar refractivity (Wildman–Crippen MR) is 114 cm³/mol. The van der Waals surface area contributed by atoms with Crippen LogP contribution in [-0.2, 0) is 16.0 Å². The van der Waals surface area contributed by atoms with Crippen molar-refractivity contribution in [2.75, 3.05) is 17.7 Å². The minimum Gasteiger partial charge on any atom is -0.497 e. The molecule has 1 aromatic heterocycles. The largest absolute Gasteiger partial charge is 0.497 e. The van der Waals surface area contributed by atoms with E-state index in [2.05, 4.69) is 20.8 Å². The topological polar surface area (TPSA) is 106 Å². The number of rotatable bonds is 8. The average Bonchev–Trinajstić information content (AvgIpc) is 3.18. The average molecular weight is 429 g/mol. The van der Waals surface area contributed by atoms with Crippen molar-refractivity contribution in [3.63, 3.8) is 0 Å². The summed E-state index contributed by atoms with van der Waals surface area (Å²) in [5, 5.41) is 9.71. The van der Waals surface area contributed by atoms with Crippen LogP contribution >= 0.6 is 11.6 Å². The highest BCUT2D eigenvalue weighted by Crippen LogP contribution is 2.26. The van der Waals surface area contributed by atoms with Gasteiger partial charge >= 0.3 is 0 Å². The summed E-state index contributed by atoms with van der Waals surface area (Å²) in [7, 11) is 1.60. The van der Waals surface area contributed by atoms with Gasteiger partial charge in [0.2, 0.25) is 23.5 Å². The molecule has 1 heterocycles. The number of amides is 2. The van der Waals surface area contributed by atoms with Gasteiger partial charge in [0.05, 0.1) is 17.8 Å². The van der Waals surface area contributed by atoms with Crippen molar-refractivity contribution in [1.29, 1.82) is 0 Å². The van der Waals surface area contributed by atoms with E-state index in [9.17, 15) is 9.59 Å². The van der Waals surface area contributed by atoms with Crippen LogP contribution in [0.3, 0.4) is 0 Å². The Kier molecular flexibility index (Phi) is 7.03. The number of hydrogen-bond donors (Lipinski definition) is 2. The molecule has 156 valence electrons. The van der Waals surface area contributed by atoms with Gasteiger partial charge in [-0.15, -0.1) is 0 Å². The fraction of sp³-hybridized carbons (Fsp3) is 0.238. The molecule has 0 aliphatic heterocycles. The Labute approximate surface area is 178 Å². The highest BCUT2D eigenvalue weighted by molar-refractivity contribution is 6.34. The summed E-state index contributed by atoms with van der Waals surface area (Å²) >= 11 is 6.16. The van der Waals surface area contributed by atoms with Crippen LogP contribution in [0.4, 0.5) is 11.4 Å². The van der Waals surface area contributed by atoms with Gasteiger partial charge in [-0.05, 0) is 48.9 Å². The Bertz CT molecular complexity index is 1030. The van der Waals surface area contributed by atoms with E-state index in [1.54, 1.807) is 25.3 Å². The lowest BCUT2D eigenvalue weighted by atomic mass is 10.2. The van der Waals surface area contributed by atoms with E-state index < -0.39 is 0 Å². The molecular formula is C21H21ClN4O4. The third kappa shape index (κ3) is 5.81. The Morgan fingerprint density at radius 2 is 1.90 bits per heavy atom. The van der Waals surface area contributed by atoms with Crippen molar-refractivity contribution < 1.29 is 18.8 Å². The number of hydrogen-bond acceptors (Lipinski definition) is 6. The first kappa shape index (κ1) is 21.3. The van der Waals surface area contributed by atoms with E-state index in [0.717, 1.165) is 11.3 Å². The van der Waals surface area contributed by atoms with Crippen LogP contribution in [0.1, 0.15) is 25.7 Å². The molecular weight excluding hydrogens is 408 g/mol. The number of aromatic nitrogens is 2. The fourth-order valence-corrected chi connectivity index (χ4v) is 2.95. The molecule has 0 unspecified atom stereocenters. The van der Waals surface area contributed by atoms with Crippen LogP contribution in [0.15, 0.2) is 47.0 Å². The van der Waals surface area contributed by atoms with E-state index in [-0.39, 0.29) is 18.2 Å². The number of carbonyl (C=O) groups excluding carboxylic acids is 2. The highest BCUT2D eigenvalue weighted by atomic mass is 35.5. The summed E-state index contributed by atoms with van der Waals surface area (Å²) in [5.74, 6) is 1.32. The number of benzene rings is 2. The summed E-state index contributed by atoms with van der Waals surface area (Å²) in [6, 6.07) is 12.2. The summed E-state index contributed by atoms with van der Waals surface area (Å²) in [4.78, 5) is 27.6. The molecule has 2 amide bonds. The van der Waals surface area contributed by atoms with Crippen molar-refractivity contribution >= 4 is 34.8 Å². The SMILES string of the molecule is COc1ccc(-c2noc(CCCC(=O)Nc3ccc(NC(C)=O)cc3Cl)n2)cc1. The Balaban J connectivity index is 1.49. The van der Waals surface area contributed by atoms with Crippen molar-refractivity contribution in [2.45, 2.75) is 26.2 Å². The monoisotopic (exact) mass is 428 g/mol. The van der Waals surface area contributed by atoms with Gasteiger partial charge in [-0.25, -0.2) is 0 Å². The fourth-order valence-electron chi connectivity index (χ4n) is 2.72. The van der Waals surface area contributed by atoms with Gasteiger partial charge in [0, 0.05) is 31.0 Å². The first-order chi connectivity index (χ1) is 14.4. The number of nitrogens with zero attached hydrogens (tertiary/aromatic N) is 2. The van der Waals surface area contributed by atoms with Crippen LogP contribution in [0.25, 0.3) is 11.4 Å². The van der Waals surface area contributed by atoms with E-state index in [1.807, 2.05) is 24.3 Å². The van der Waals surface area contributed by atoms with E-state index in [1.165, 1.54) is 6.92 Å². The molecule has 8 nitrogen and oxygen atoms in total. The number of methoxy groups -OCH3 is 1. The molecule has 2 N–H and O–H groups in total. The van der Waals surface area contributed by atoms with E-state index >= 15 is 0 Å². The number of aryl methyl sites for hydroxylation is 1. The Morgan fingerprint density at radius 3 is 2.57 bits per heavy atom. The van der Waals surface area contributed by atoms with Crippen molar-refractivity contribution in [1.82, 2.24) is 10.1 Å². The number of carbonyl (C=O) groups is 2. The zero-order valence-electron chi connectivity index (χ0n) is 16.6. The number of ether oxygens (including phenoxy) is 1. The maximum Gasteiger partial charge on any atom is 0.226 e. The summed E-state index contributed by atoms with van der Waals surface area (Å²) in [6.45, 7) is 1.41. The Morgan fingerprint density at radius 1 is 1.13 bits per heavy atom. The second-order valence-corrected chi connectivity index (χ2v) is 6.92. The molecule has 0 fully saturated rings. The maximum atomic E-state index is 12.2. The lowest BCUT2D eigenvalue weighted by Gasteiger charge is -2.09. The molecule has 0 spiro atoms. The van der Waals surface area contributed by atoms with Gasteiger partial charge in [0.1, 0.15) is 5.75 Å². The summed E-state index contributed by atoms with van der Waals surface area (Å²) in [6.07, 6.45) is 1.29. The van der Waals surface area contributed by atoms with Gasteiger partial charge in [-0.2, -0.15) is 4.98 Å². The molecule has 3 aromatic rings. The third-order valence-electron chi connectivity index (χ3n) is 4.17. The molecule has 0 radical (unpaired) electrons.